The Labute approximate surface area is 136 Å². The zero-order valence-corrected chi connectivity index (χ0v) is 14.3. The molecule has 5 heteroatoms. The average Bonchev–Trinajstić information content (AvgIpc) is 2.50. The van der Waals surface area contributed by atoms with Crippen molar-refractivity contribution in [2.45, 2.75) is 44.4 Å². The third-order valence-electron chi connectivity index (χ3n) is 3.02. The smallest absolute Gasteiger partial charge is 0.324 e. The van der Waals surface area contributed by atoms with E-state index >= 15 is 0 Å². The van der Waals surface area contributed by atoms with E-state index < -0.39 is 17.9 Å². The summed E-state index contributed by atoms with van der Waals surface area (Å²) in [5.41, 5.74) is 0.608. The molecule has 0 radical (unpaired) electrons. The Bertz CT molecular complexity index is 452. The Kier molecular flexibility index (Phi) is 8.67. The number of carbonyl (C=O) groups excluding carboxylic acids is 2. The number of carbonyl (C=O) groups is 2. The van der Waals surface area contributed by atoms with Gasteiger partial charge in [-0.1, -0.05) is 25.5 Å². The molecule has 0 aliphatic rings. The number of unbranched alkanes of at least 4 members (excludes halogenated alkanes) is 1. The third-order valence-corrected chi connectivity index (χ3v) is 4.12. The van der Waals surface area contributed by atoms with Crippen LogP contribution in [0.5, 0.6) is 0 Å². The molecule has 0 heterocycles. The van der Waals surface area contributed by atoms with Gasteiger partial charge in [-0.15, -0.1) is 11.8 Å². The van der Waals surface area contributed by atoms with Gasteiger partial charge in [-0.3, -0.25) is 9.59 Å². The molecule has 1 aromatic rings. The molecule has 0 saturated carbocycles. The van der Waals surface area contributed by atoms with Crippen LogP contribution in [0.1, 0.15) is 45.1 Å². The monoisotopic (exact) mass is 324 g/mol. The summed E-state index contributed by atoms with van der Waals surface area (Å²) in [5.74, 6) is -1.07. The van der Waals surface area contributed by atoms with E-state index in [2.05, 4.69) is 6.92 Å². The molecule has 0 aliphatic carbocycles. The summed E-state index contributed by atoms with van der Waals surface area (Å²) in [4.78, 5) is 25.2. The summed E-state index contributed by atoms with van der Waals surface area (Å²) in [6.45, 7) is 6.06. The molecule has 0 aromatic heterocycles. The molecule has 22 heavy (non-hydrogen) atoms. The van der Waals surface area contributed by atoms with Crippen molar-refractivity contribution >= 4 is 23.7 Å². The molecule has 1 aromatic carbocycles. The first-order valence-electron chi connectivity index (χ1n) is 7.70. The molecule has 0 bridgehead atoms. The highest BCUT2D eigenvalue weighted by Gasteiger charge is 2.31. The van der Waals surface area contributed by atoms with Crippen molar-refractivity contribution in [1.82, 2.24) is 0 Å². The zero-order chi connectivity index (χ0) is 16.4. The highest BCUT2D eigenvalue weighted by Crippen LogP contribution is 2.25. The van der Waals surface area contributed by atoms with Gasteiger partial charge in [0.25, 0.3) is 0 Å². The molecule has 122 valence electrons. The van der Waals surface area contributed by atoms with Crippen LogP contribution in [0.4, 0.5) is 0 Å². The Balaban J connectivity index is 2.85. The summed E-state index contributed by atoms with van der Waals surface area (Å²) in [6.07, 6.45) is 2.33. The topological polar surface area (TPSA) is 52.6 Å². The van der Waals surface area contributed by atoms with Crippen molar-refractivity contribution in [3.8, 4) is 0 Å². The van der Waals surface area contributed by atoms with Gasteiger partial charge in [-0.25, -0.2) is 0 Å². The van der Waals surface area contributed by atoms with Crippen molar-refractivity contribution in [3.05, 3.63) is 29.8 Å². The lowest BCUT2D eigenvalue weighted by Crippen LogP contribution is -2.26. The second kappa shape index (κ2) is 10.3. The maximum Gasteiger partial charge on any atom is 0.324 e. The maximum atomic E-state index is 12.0. The fraction of sp³-hybridized carbons (Fsp3) is 0.529. The SMILES string of the molecule is CCCCSc1ccc(C(C(=O)OCC)C(=O)OCC)cc1. The van der Waals surface area contributed by atoms with E-state index in [1.54, 1.807) is 37.7 Å². The zero-order valence-electron chi connectivity index (χ0n) is 13.5. The molecule has 0 spiro atoms. The van der Waals surface area contributed by atoms with Crippen molar-refractivity contribution in [2.24, 2.45) is 0 Å². The van der Waals surface area contributed by atoms with Crippen molar-refractivity contribution in [2.75, 3.05) is 19.0 Å². The number of benzene rings is 1. The molecule has 0 atom stereocenters. The summed E-state index contributed by atoms with van der Waals surface area (Å²) in [6, 6.07) is 7.46. The van der Waals surface area contributed by atoms with Crippen LogP contribution < -0.4 is 0 Å². The summed E-state index contributed by atoms with van der Waals surface area (Å²) < 4.78 is 9.98. The van der Waals surface area contributed by atoms with Crippen LogP contribution in [0.3, 0.4) is 0 Å². The minimum Gasteiger partial charge on any atom is -0.465 e. The third kappa shape index (κ3) is 5.72. The maximum absolute atomic E-state index is 12.0. The number of rotatable bonds is 9. The standard InChI is InChI=1S/C17H24O4S/c1-4-7-12-22-14-10-8-13(9-11-14)15(16(18)20-5-2)17(19)21-6-3/h8-11,15H,4-7,12H2,1-3H3. The second-order valence-corrected chi connectivity index (χ2v) is 5.88. The van der Waals surface area contributed by atoms with Crippen LogP contribution in [0.25, 0.3) is 0 Å². The molecule has 0 fully saturated rings. The van der Waals surface area contributed by atoms with Gasteiger partial charge < -0.3 is 9.47 Å². The lowest BCUT2D eigenvalue weighted by atomic mass is 9.99. The molecular formula is C17H24O4S. The van der Waals surface area contributed by atoms with Crippen molar-refractivity contribution in [3.63, 3.8) is 0 Å². The second-order valence-electron chi connectivity index (χ2n) is 4.71. The molecule has 0 saturated heterocycles. The number of hydrogen-bond donors (Lipinski definition) is 0. The van der Waals surface area contributed by atoms with Crippen molar-refractivity contribution < 1.29 is 19.1 Å². The largest absolute Gasteiger partial charge is 0.465 e. The highest BCUT2D eigenvalue weighted by molar-refractivity contribution is 7.99. The number of esters is 2. The lowest BCUT2D eigenvalue weighted by molar-refractivity contribution is -0.156. The van der Waals surface area contributed by atoms with E-state index in [0.29, 0.717) is 5.56 Å². The highest BCUT2D eigenvalue weighted by atomic mass is 32.2. The Hall–Kier alpha value is -1.49. The fourth-order valence-electron chi connectivity index (χ4n) is 1.91. The van der Waals surface area contributed by atoms with E-state index in [-0.39, 0.29) is 13.2 Å². The normalized spacial score (nSPS) is 10.5. The number of thioether (sulfide) groups is 1. The van der Waals surface area contributed by atoms with Gasteiger partial charge >= 0.3 is 11.9 Å². The predicted molar refractivity (Wildman–Crippen MR) is 88.1 cm³/mol. The molecule has 1 rings (SSSR count). The van der Waals surface area contributed by atoms with E-state index in [1.165, 1.54) is 12.8 Å². The van der Waals surface area contributed by atoms with Gasteiger partial charge in [0, 0.05) is 4.90 Å². The van der Waals surface area contributed by atoms with Crippen LogP contribution >= 0.6 is 11.8 Å². The van der Waals surface area contributed by atoms with Crippen LogP contribution in [-0.4, -0.2) is 30.9 Å². The minimum atomic E-state index is -1.01. The first-order valence-corrected chi connectivity index (χ1v) is 8.68. The Morgan fingerprint density at radius 1 is 1.00 bits per heavy atom. The summed E-state index contributed by atoms with van der Waals surface area (Å²) >= 11 is 1.77. The van der Waals surface area contributed by atoms with E-state index in [1.807, 2.05) is 12.1 Å². The summed E-state index contributed by atoms with van der Waals surface area (Å²) in [7, 11) is 0. The Morgan fingerprint density at radius 3 is 2.00 bits per heavy atom. The first-order chi connectivity index (χ1) is 10.6. The number of ether oxygens (including phenoxy) is 2. The van der Waals surface area contributed by atoms with Crippen LogP contribution in [-0.2, 0) is 19.1 Å². The molecule has 0 unspecified atom stereocenters. The average molecular weight is 324 g/mol. The van der Waals surface area contributed by atoms with Crippen molar-refractivity contribution in [1.29, 1.82) is 0 Å². The predicted octanol–water partition coefficient (Wildman–Crippen LogP) is 3.79. The fourth-order valence-corrected chi connectivity index (χ4v) is 2.91. The molecule has 0 amide bonds. The van der Waals surface area contributed by atoms with E-state index in [0.717, 1.165) is 10.6 Å². The molecular weight excluding hydrogens is 300 g/mol. The van der Waals surface area contributed by atoms with Crippen LogP contribution in [0, 0.1) is 0 Å². The van der Waals surface area contributed by atoms with E-state index in [4.69, 9.17) is 9.47 Å². The van der Waals surface area contributed by atoms with Crippen LogP contribution in [0.15, 0.2) is 29.2 Å². The van der Waals surface area contributed by atoms with Crippen LogP contribution in [0.2, 0.25) is 0 Å². The van der Waals surface area contributed by atoms with Gasteiger partial charge in [-0.2, -0.15) is 0 Å². The molecule has 4 nitrogen and oxygen atoms in total. The minimum absolute atomic E-state index is 0.236. The van der Waals surface area contributed by atoms with Gasteiger partial charge in [0.05, 0.1) is 13.2 Å². The first kappa shape index (κ1) is 18.6. The summed E-state index contributed by atoms with van der Waals surface area (Å²) in [5, 5.41) is 0. The number of hydrogen-bond acceptors (Lipinski definition) is 5. The van der Waals surface area contributed by atoms with E-state index in [9.17, 15) is 9.59 Å². The quantitative estimate of drug-likeness (QED) is 0.299. The van der Waals surface area contributed by atoms with Gasteiger partial charge in [-0.05, 0) is 43.7 Å². The molecule has 0 aliphatic heterocycles. The van der Waals surface area contributed by atoms with Gasteiger partial charge in [0.1, 0.15) is 0 Å². The van der Waals surface area contributed by atoms with Gasteiger partial charge in [0.15, 0.2) is 5.92 Å². The lowest BCUT2D eigenvalue weighted by Gasteiger charge is -2.15. The van der Waals surface area contributed by atoms with Gasteiger partial charge in [0.2, 0.25) is 0 Å². The molecule has 0 N–H and O–H groups in total. The Morgan fingerprint density at radius 2 is 1.55 bits per heavy atom.